The Kier molecular flexibility index (Phi) is 8.65. The Hall–Kier alpha value is -2.02. The third kappa shape index (κ3) is 7.47. The largest absolute Gasteiger partial charge is 0.355 e. The van der Waals surface area contributed by atoms with Crippen molar-refractivity contribution >= 4 is 17.7 Å². The summed E-state index contributed by atoms with van der Waals surface area (Å²) in [6.45, 7) is 20.7. The molecule has 1 fully saturated rings. The molecule has 0 bridgehead atoms. The first-order valence-electron chi connectivity index (χ1n) is 9.73. The van der Waals surface area contributed by atoms with Crippen LogP contribution in [0.3, 0.4) is 0 Å². The van der Waals surface area contributed by atoms with Crippen LogP contribution >= 0.6 is 0 Å². The third-order valence-corrected chi connectivity index (χ3v) is 4.54. The van der Waals surface area contributed by atoms with Crippen molar-refractivity contribution in [1.29, 1.82) is 0 Å². The SMILES string of the molecule is C=C/C=C(\C=C(C)C)c1cc(C=C)c(C=C(C)C)[nH]1.CCCC1(C)CC1. The minimum absolute atomic E-state index is 0.800. The minimum atomic E-state index is 0.800. The normalized spacial score (nSPS) is 14.6. The molecule has 0 aromatic carbocycles. The van der Waals surface area contributed by atoms with E-state index in [0.717, 1.165) is 27.9 Å². The molecule has 1 aromatic heterocycles. The summed E-state index contributed by atoms with van der Waals surface area (Å²) in [6, 6.07) is 2.12. The van der Waals surface area contributed by atoms with Gasteiger partial charge in [-0.3, -0.25) is 0 Å². The summed E-state index contributed by atoms with van der Waals surface area (Å²) in [5.41, 5.74) is 7.75. The van der Waals surface area contributed by atoms with Crippen LogP contribution in [-0.2, 0) is 0 Å². The highest BCUT2D eigenvalue weighted by molar-refractivity contribution is 5.78. The second-order valence-electron chi connectivity index (χ2n) is 8.12. The zero-order valence-corrected chi connectivity index (χ0v) is 17.7. The van der Waals surface area contributed by atoms with Crippen molar-refractivity contribution in [2.75, 3.05) is 0 Å². The fourth-order valence-corrected chi connectivity index (χ4v) is 2.94. The van der Waals surface area contributed by atoms with Crippen molar-refractivity contribution in [2.24, 2.45) is 5.41 Å². The highest BCUT2D eigenvalue weighted by atomic mass is 14.7. The van der Waals surface area contributed by atoms with E-state index in [9.17, 15) is 0 Å². The molecule has 0 aliphatic heterocycles. The average Bonchev–Trinajstić information content (AvgIpc) is 3.13. The quantitative estimate of drug-likeness (QED) is 0.476. The number of allylic oxidation sites excluding steroid dienone is 6. The molecule has 1 aliphatic rings. The van der Waals surface area contributed by atoms with Crippen molar-refractivity contribution in [3.63, 3.8) is 0 Å². The fraction of sp³-hybridized carbons (Fsp3) is 0.440. The predicted molar refractivity (Wildman–Crippen MR) is 120 cm³/mol. The van der Waals surface area contributed by atoms with Gasteiger partial charge in [0.25, 0.3) is 0 Å². The van der Waals surface area contributed by atoms with Gasteiger partial charge in [-0.2, -0.15) is 0 Å². The van der Waals surface area contributed by atoms with Crippen LogP contribution in [0.15, 0.2) is 48.6 Å². The van der Waals surface area contributed by atoms with Gasteiger partial charge in [0.2, 0.25) is 0 Å². The number of rotatable bonds is 7. The van der Waals surface area contributed by atoms with Crippen LogP contribution in [0.1, 0.15) is 84.2 Å². The van der Waals surface area contributed by atoms with Gasteiger partial charge in [0.05, 0.1) is 0 Å². The van der Waals surface area contributed by atoms with Gasteiger partial charge in [0.1, 0.15) is 0 Å². The summed E-state index contributed by atoms with van der Waals surface area (Å²) in [4.78, 5) is 3.45. The highest BCUT2D eigenvalue weighted by Crippen LogP contribution is 2.48. The van der Waals surface area contributed by atoms with E-state index in [1.165, 1.54) is 36.8 Å². The van der Waals surface area contributed by atoms with Gasteiger partial charge >= 0.3 is 0 Å². The maximum atomic E-state index is 3.87. The first kappa shape index (κ1) is 22.0. The van der Waals surface area contributed by atoms with Gasteiger partial charge in [0, 0.05) is 11.4 Å². The van der Waals surface area contributed by atoms with Crippen LogP contribution < -0.4 is 0 Å². The Bertz CT molecular complexity index is 695. The molecule has 1 heteroatoms. The number of aromatic nitrogens is 1. The van der Waals surface area contributed by atoms with Gasteiger partial charge in [0.15, 0.2) is 0 Å². The number of nitrogens with one attached hydrogen (secondary N) is 1. The molecular formula is C25H37N. The minimum Gasteiger partial charge on any atom is -0.355 e. The molecule has 1 nitrogen and oxygen atoms in total. The van der Waals surface area contributed by atoms with Crippen molar-refractivity contribution in [2.45, 2.75) is 67.2 Å². The number of aromatic amines is 1. The molecule has 26 heavy (non-hydrogen) atoms. The van der Waals surface area contributed by atoms with Crippen LogP contribution in [0.5, 0.6) is 0 Å². The van der Waals surface area contributed by atoms with Gasteiger partial charge in [-0.25, -0.2) is 0 Å². The predicted octanol–water partition coefficient (Wildman–Crippen LogP) is 8.20. The molecule has 0 radical (unpaired) electrons. The maximum absolute atomic E-state index is 3.87. The summed E-state index contributed by atoms with van der Waals surface area (Å²) < 4.78 is 0. The Balaban J connectivity index is 0.000000401. The second kappa shape index (κ2) is 10.2. The van der Waals surface area contributed by atoms with E-state index in [1.54, 1.807) is 0 Å². The molecular weight excluding hydrogens is 314 g/mol. The molecule has 2 rings (SSSR count). The van der Waals surface area contributed by atoms with Gasteiger partial charge in [-0.15, -0.1) is 0 Å². The van der Waals surface area contributed by atoms with E-state index < -0.39 is 0 Å². The highest BCUT2D eigenvalue weighted by Gasteiger charge is 2.35. The smallest absolute Gasteiger partial charge is 0.0464 e. The zero-order valence-electron chi connectivity index (χ0n) is 17.7. The average molecular weight is 352 g/mol. The van der Waals surface area contributed by atoms with Crippen LogP contribution in [0.25, 0.3) is 17.7 Å². The van der Waals surface area contributed by atoms with Crippen LogP contribution in [0, 0.1) is 5.41 Å². The lowest BCUT2D eigenvalue weighted by atomic mass is 10.0. The topological polar surface area (TPSA) is 15.8 Å². The number of hydrogen-bond acceptors (Lipinski definition) is 0. The Morgan fingerprint density at radius 1 is 1.15 bits per heavy atom. The van der Waals surface area contributed by atoms with Gasteiger partial charge in [-0.05, 0) is 75.7 Å². The lowest BCUT2D eigenvalue weighted by Gasteiger charge is -2.01. The number of hydrogen-bond donors (Lipinski definition) is 1. The lowest BCUT2D eigenvalue weighted by Crippen LogP contribution is -1.88. The van der Waals surface area contributed by atoms with E-state index in [-0.39, 0.29) is 0 Å². The molecule has 1 saturated carbocycles. The second-order valence-corrected chi connectivity index (χ2v) is 8.12. The van der Waals surface area contributed by atoms with Gasteiger partial charge < -0.3 is 4.98 Å². The van der Waals surface area contributed by atoms with Crippen LogP contribution in [-0.4, -0.2) is 4.98 Å². The van der Waals surface area contributed by atoms with E-state index in [4.69, 9.17) is 0 Å². The van der Waals surface area contributed by atoms with E-state index in [0.29, 0.717) is 0 Å². The summed E-state index contributed by atoms with van der Waals surface area (Å²) in [6.07, 6.45) is 15.8. The molecule has 0 unspecified atom stereocenters. The summed E-state index contributed by atoms with van der Waals surface area (Å²) in [7, 11) is 0. The van der Waals surface area contributed by atoms with Crippen LogP contribution in [0.4, 0.5) is 0 Å². The van der Waals surface area contributed by atoms with Gasteiger partial charge in [-0.1, -0.05) is 68.9 Å². The van der Waals surface area contributed by atoms with Crippen LogP contribution in [0.2, 0.25) is 0 Å². The first-order valence-corrected chi connectivity index (χ1v) is 9.73. The monoisotopic (exact) mass is 351 g/mol. The molecule has 0 saturated heterocycles. The first-order chi connectivity index (χ1) is 12.2. The van der Waals surface area contributed by atoms with Crippen molar-refractivity contribution in [1.82, 2.24) is 4.98 Å². The molecule has 0 spiro atoms. The molecule has 1 aromatic rings. The van der Waals surface area contributed by atoms with E-state index in [1.807, 2.05) is 18.2 Å². The lowest BCUT2D eigenvalue weighted by molar-refractivity contribution is 0.510. The maximum Gasteiger partial charge on any atom is 0.0464 e. The van der Waals surface area contributed by atoms with Crippen molar-refractivity contribution in [3.8, 4) is 0 Å². The fourth-order valence-electron chi connectivity index (χ4n) is 2.94. The van der Waals surface area contributed by atoms with Crippen molar-refractivity contribution < 1.29 is 0 Å². The Labute approximate surface area is 161 Å². The molecule has 0 atom stereocenters. The molecule has 1 heterocycles. The Morgan fingerprint density at radius 3 is 2.19 bits per heavy atom. The molecule has 0 amide bonds. The summed E-state index contributed by atoms with van der Waals surface area (Å²) in [5.74, 6) is 0. The zero-order chi connectivity index (χ0) is 19.7. The summed E-state index contributed by atoms with van der Waals surface area (Å²) in [5, 5.41) is 0. The standard InChI is InChI=1S/C18H23N.C7H14/c1-7-9-16(10-13(3)4)18-12-15(8-2)17(19-18)11-14(5)6;1-3-4-7(2)5-6-7/h7-12,19H,1-2H2,3-6H3;3-6H2,1-2H3/b16-9+;. The molecule has 1 N–H and O–H groups in total. The van der Waals surface area contributed by atoms with E-state index >= 15 is 0 Å². The van der Waals surface area contributed by atoms with E-state index in [2.05, 4.69) is 77.9 Å². The number of H-pyrrole nitrogens is 1. The molecule has 142 valence electrons. The molecule has 1 aliphatic carbocycles. The Morgan fingerprint density at radius 2 is 1.81 bits per heavy atom. The third-order valence-electron chi connectivity index (χ3n) is 4.54. The van der Waals surface area contributed by atoms with Crippen molar-refractivity contribution in [3.05, 3.63) is 65.5 Å². The summed E-state index contributed by atoms with van der Waals surface area (Å²) >= 11 is 0.